The highest BCUT2D eigenvalue weighted by Crippen LogP contribution is 2.37. The Morgan fingerprint density at radius 2 is 1.89 bits per heavy atom. The second kappa shape index (κ2) is 6.49. The van der Waals surface area contributed by atoms with Crippen LogP contribution < -0.4 is 9.80 Å². The van der Waals surface area contributed by atoms with Crippen molar-refractivity contribution >= 4 is 34.9 Å². The summed E-state index contributed by atoms with van der Waals surface area (Å²) in [5.41, 5.74) is 0.246. The summed E-state index contributed by atoms with van der Waals surface area (Å²) in [5, 5.41) is 4.13. The summed E-state index contributed by atoms with van der Waals surface area (Å²) in [6, 6.07) is 1.51. The third-order valence-corrected chi connectivity index (χ3v) is 4.77. The topological polar surface area (TPSA) is 85.1 Å². The molecule has 2 aliphatic rings. The molecule has 9 heteroatoms. The molecular formula is C18H20FN3O5. The van der Waals surface area contributed by atoms with Gasteiger partial charge in [0.15, 0.2) is 17.9 Å². The summed E-state index contributed by atoms with van der Waals surface area (Å²) in [4.78, 5) is 26.8. The Morgan fingerprint density at radius 3 is 2.48 bits per heavy atom. The first-order valence-electron chi connectivity index (χ1n) is 8.84. The second-order valence-electron chi connectivity index (χ2n) is 7.10. The molecule has 0 aliphatic carbocycles. The van der Waals surface area contributed by atoms with Crippen LogP contribution in [0.15, 0.2) is 10.6 Å². The van der Waals surface area contributed by atoms with Crippen LogP contribution in [0.2, 0.25) is 0 Å². The number of morpholine rings is 1. The first-order chi connectivity index (χ1) is 12.9. The predicted molar refractivity (Wildman–Crippen MR) is 94.9 cm³/mol. The van der Waals surface area contributed by atoms with Gasteiger partial charge in [-0.05, 0) is 26.8 Å². The molecule has 2 aromatic rings. The average Bonchev–Trinajstić information content (AvgIpc) is 3.16. The van der Waals surface area contributed by atoms with Crippen LogP contribution >= 0.6 is 0 Å². The molecule has 0 N–H and O–H groups in total. The van der Waals surface area contributed by atoms with Crippen LogP contribution in [-0.2, 0) is 9.47 Å². The molecule has 2 saturated heterocycles. The zero-order valence-corrected chi connectivity index (χ0v) is 15.3. The van der Waals surface area contributed by atoms with E-state index < -0.39 is 11.9 Å². The average molecular weight is 377 g/mol. The molecule has 1 aromatic heterocycles. The number of carbonyl (C=O) groups excluding carboxylic acids is 2. The number of cyclic esters (lactones) is 1. The van der Waals surface area contributed by atoms with Crippen LogP contribution in [0.4, 0.5) is 20.7 Å². The monoisotopic (exact) mass is 377 g/mol. The number of benzene rings is 1. The van der Waals surface area contributed by atoms with E-state index in [1.807, 2.05) is 13.8 Å². The molecule has 27 heavy (non-hydrogen) atoms. The van der Waals surface area contributed by atoms with Gasteiger partial charge in [-0.3, -0.25) is 9.69 Å². The minimum absolute atomic E-state index is 0.0928. The molecule has 3 heterocycles. The van der Waals surface area contributed by atoms with Crippen molar-refractivity contribution in [1.29, 1.82) is 0 Å². The molecule has 1 aromatic carbocycles. The van der Waals surface area contributed by atoms with Crippen LogP contribution in [0.1, 0.15) is 31.1 Å². The molecule has 0 radical (unpaired) electrons. The van der Waals surface area contributed by atoms with Crippen molar-refractivity contribution in [3.8, 4) is 0 Å². The zero-order chi connectivity index (χ0) is 19.3. The Labute approximate surface area is 154 Å². The molecule has 2 aliphatic heterocycles. The Morgan fingerprint density at radius 1 is 1.19 bits per heavy atom. The number of aromatic nitrogens is 1. The van der Waals surface area contributed by atoms with Crippen molar-refractivity contribution in [2.75, 3.05) is 29.4 Å². The van der Waals surface area contributed by atoms with Gasteiger partial charge >= 0.3 is 6.09 Å². The van der Waals surface area contributed by atoms with Gasteiger partial charge in [-0.1, -0.05) is 5.16 Å². The van der Waals surface area contributed by atoms with Crippen molar-refractivity contribution in [3.63, 3.8) is 0 Å². The van der Waals surface area contributed by atoms with Crippen LogP contribution in [0.3, 0.4) is 0 Å². The molecule has 0 bridgehead atoms. The van der Waals surface area contributed by atoms with Gasteiger partial charge in [0.05, 0.1) is 29.8 Å². The molecule has 2 fully saturated rings. The number of halogens is 1. The van der Waals surface area contributed by atoms with Crippen molar-refractivity contribution in [1.82, 2.24) is 5.16 Å². The first kappa shape index (κ1) is 17.7. The van der Waals surface area contributed by atoms with E-state index in [0.29, 0.717) is 19.4 Å². The standard InChI is InChI=1S/C18H20FN3O5/c1-9-5-21(6-10(2)25-9)15-12(8-23)4-13-16(14(15)19)27-20-17(13)22-7-11(3)26-18(22)24/h4,8-11H,5-7H2,1-3H3/t9-,10-,11-/m1/s1. The van der Waals surface area contributed by atoms with Gasteiger partial charge < -0.3 is 18.9 Å². The van der Waals surface area contributed by atoms with E-state index in [1.54, 1.807) is 11.8 Å². The summed E-state index contributed by atoms with van der Waals surface area (Å²) >= 11 is 0. The zero-order valence-electron chi connectivity index (χ0n) is 15.3. The minimum atomic E-state index is -0.671. The number of rotatable bonds is 3. The molecule has 0 saturated carbocycles. The van der Waals surface area contributed by atoms with E-state index in [0.717, 1.165) is 0 Å². The summed E-state index contributed by atoms with van der Waals surface area (Å²) in [7, 11) is 0. The summed E-state index contributed by atoms with van der Waals surface area (Å²) < 4.78 is 31.3. The fraction of sp³-hybridized carbons (Fsp3) is 0.500. The highest BCUT2D eigenvalue weighted by molar-refractivity contribution is 6.03. The lowest BCUT2D eigenvalue weighted by atomic mass is 10.1. The lowest BCUT2D eigenvalue weighted by Crippen LogP contribution is -2.46. The van der Waals surface area contributed by atoms with E-state index in [1.165, 1.54) is 11.0 Å². The maximum Gasteiger partial charge on any atom is 0.416 e. The first-order valence-corrected chi connectivity index (χ1v) is 8.84. The molecule has 144 valence electrons. The number of amides is 1. The van der Waals surface area contributed by atoms with Crippen molar-refractivity contribution in [3.05, 3.63) is 17.4 Å². The molecule has 3 atom stereocenters. The van der Waals surface area contributed by atoms with Gasteiger partial charge in [0, 0.05) is 18.7 Å². The lowest BCUT2D eigenvalue weighted by molar-refractivity contribution is -0.00543. The largest absolute Gasteiger partial charge is 0.444 e. The third kappa shape index (κ3) is 2.91. The van der Waals surface area contributed by atoms with E-state index >= 15 is 4.39 Å². The third-order valence-electron chi connectivity index (χ3n) is 4.77. The molecule has 4 rings (SSSR count). The van der Waals surface area contributed by atoms with E-state index in [-0.39, 0.29) is 52.9 Å². The molecule has 0 unspecified atom stereocenters. The second-order valence-corrected chi connectivity index (χ2v) is 7.10. The number of ether oxygens (including phenoxy) is 2. The van der Waals surface area contributed by atoms with Crippen LogP contribution in [0, 0.1) is 5.82 Å². The number of nitrogens with zero attached hydrogens (tertiary/aromatic N) is 3. The van der Waals surface area contributed by atoms with Gasteiger partial charge in [-0.15, -0.1) is 0 Å². The Bertz CT molecular complexity index is 904. The van der Waals surface area contributed by atoms with E-state index in [2.05, 4.69) is 5.16 Å². The fourth-order valence-corrected chi connectivity index (χ4v) is 3.78. The lowest BCUT2D eigenvalue weighted by Gasteiger charge is -2.37. The van der Waals surface area contributed by atoms with Crippen LogP contribution in [0.5, 0.6) is 0 Å². The van der Waals surface area contributed by atoms with Crippen molar-refractivity contribution in [2.45, 2.75) is 39.1 Å². The summed E-state index contributed by atoms with van der Waals surface area (Å²) in [6.07, 6.45) is -0.491. The predicted octanol–water partition coefficient (Wildman–Crippen LogP) is 2.74. The SMILES string of the molecule is C[C@@H]1CN(c2noc3c(F)c(N4C[C@@H](C)O[C@H](C)C4)c(C=O)cc23)C(=O)O1. The summed E-state index contributed by atoms with van der Waals surface area (Å²) in [6.45, 7) is 6.71. The highest BCUT2D eigenvalue weighted by Gasteiger charge is 2.35. The van der Waals surface area contributed by atoms with E-state index in [9.17, 15) is 9.59 Å². The molecular weight excluding hydrogens is 357 g/mol. The van der Waals surface area contributed by atoms with Gasteiger partial charge in [0.1, 0.15) is 6.10 Å². The smallest absolute Gasteiger partial charge is 0.416 e. The normalized spacial score (nSPS) is 25.9. The molecule has 1 amide bonds. The van der Waals surface area contributed by atoms with E-state index in [4.69, 9.17) is 14.0 Å². The molecule has 0 spiro atoms. The quantitative estimate of drug-likeness (QED) is 0.760. The molecule has 8 nitrogen and oxygen atoms in total. The number of aldehydes is 1. The Balaban J connectivity index is 1.82. The Kier molecular flexibility index (Phi) is 4.26. The number of hydrogen-bond donors (Lipinski definition) is 0. The van der Waals surface area contributed by atoms with Gasteiger partial charge in [-0.2, -0.15) is 0 Å². The minimum Gasteiger partial charge on any atom is -0.444 e. The van der Waals surface area contributed by atoms with Crippen LogP contribution in [0.25, 0.3) is 11.0 Å². The Hall–Kier alpha value is -2.68. The van der Waals surface area contributed by atoms with Crippen molar-refractivity contribution in [2.24, 2.45) is 0 Å². The highest BCUT2D eigenvalue weighted by atomic mass is 19.1. The maximum absolute atomic E-state index is 15.3. The van der Waals surface area contributed by atoms with Crippen molar-refractivity contribution < 1.29 is 28.0 Å². The van der Waals surface area contributed by atoms with Gasteiger partial charge in [-0.25, -0.2) is 9.18 Å². The fourth-order valence-electron chi connectivity index (χ4n) is 3.78. The van der Waals surface area contributed by atoms with Gasteiger partial charge in [0.25, 0.3) is 0 Å². The van der Waals surface area contributed by atoms with Gasteiger partial charge in [0.2, 0.25) is 5.58 Å². The maximum atomic E-state index is 15.3. The number of hydrogen-bond acceptors (Lipinski definition) is 7. The van der Waals surface area contributed by atoms with Crippen LogP contribution in [-0.4, -0.2) is 55.5 Å². The number of carbonyl (C=O) groups is 2. The summed E-state index contributed by atoms with van der Waals surface area (Å²) in [5.74, 6) is -0.521. The number of anilines is 2. The number of fused-ring (bicyclic) bond motifs is 1.